The zero-order valence-corrected chi connectivity index (χ0v) is 8.06. The van der Waals surface area contributed by atoms with Gasteiger partial charge in [-0.05, 0) is 6.92 Å². The van der Waals surface area contributed by atoms with Crippen molar-refractivity contribution in [3.05, 3.63) is 0 Å². The van der Waals surface area contributed by atoms with Crippen molar-refractivity contribution >= 4 is 30.7 Å². The van der Waals surface area contributed by atoms with Gasteiger partial charge < -0.3 is 10.6 Å². The molecule has 1 aliphatic rings. The molecule has 2 N–H and O–H groups in total. The lowest BCUT2D eigenvalue weighted by molar-refractivity contribution is -0.120. The van der Waals surface area contributed by atoms with Crippen LogP contribution in [0.2, 0.25) is 0 Å². The van der Waals surface area contributed by atoms with Gasteiger partial charge in [0.15, 0.2) is 0 Å². The van der Waals surface area contributed by atoms with E-state index in [-0.39, 0.29) is 30.7 Å². The third-order valence-electron chi connectivity index (χ3n) is 1.45. The Morgan fingerprint density at radius 2 is 2.09 bits per heavy atom. The molecule has 1 amide bonds. The summed E-state index contributed by atoms with van der Waals surface area (Å²) in [4.78, 5) is 10.7. The van der Waals surface area contributed by atoms with Gasteiger partial charge in [0.1, 0.15) is 0 Å². The van der Waals surface area contributed by atoms with Crippen LogP contribution >= 0.6 is 24.8 Å². The number of carbonyl (C=O) groups excluding carboxylic acids is 1. The lowest BCUT2D eigenvalue weighted by Crippen LogP contribution is -2.33. The second-order valence-electron chi connectivity index (χ2n) is 2.41. The average molecular weight is 201 g/mol. The van der Waals surface area contributed by atoms with Gasteiger partial charge >= 0.3 is 0 Å². The molecule has 3 nitrogen and oxygen atoms in total. The summed E-state index contributed by atoms with van der Waals surface area (Å²) in [5.74, 6) is 0.159. The van der Waals surface area contributed by atoms with E-state index in [0.717, 1.165) is 13.1 Å². The minimum absolute atomic E-state index is 0. The topological polar surface area (TPSA) is 41.1 Å². The monoisotopic (exact) mass is 200 g/mol. The largest absolute Gasteiger partial charge is 0.355 e. The number of nitrogens with one attached hydrogen (secondary N) is 2. The molecule has 0 aromatic rings. The van der Waals surface area contributed by atoms with E-state index >= 15 is 0 Å². The SMILES string of the molecule is CC1CNC(=O)CCN1.Cl.Cl. The van der Waals surface area contributed by atoms with Crippen LogP contribution in [0.1, 0.15) is 13.3 Å². The number of hydrogen-bond donors (Lipinski definition) is 2. The average Bonchev–Trinajstić information content (AvgIpc) is 1.97. The maximum absolute atomic E-state index is 10.7. The number of hydrogen-bond acceptors (Lipinski definition) is 2. The first kappa shape index (κ1) is 13.6. The van der Waals surface area contributed by atoms with Gasteiger partial charge in [-0.1, -0.05) is 0 Å². The molecule has 0 radical (unpaired) electrons. The first-order valence-corrected chi connectivity index (χ1v) is 3.29. The summed E-state index contributed by atoms with van der Waals surface area (Å²) in [5.41, 5.74) is 0. The second-order valence-corrected chi connectivity index (χ2v) is 2.41. The van der Waals surface area contributed by atoms with E-state index in [1.807, 2.05) is 0 Å². The number of carbonyl (C=O) groups is 1. The van der Waals surface area contributed by atoms with Crippen molar-refractivity contribution in [3.8, 4) is 0 Å². The highest BCUT2D eigenvalue weighted by Crippen LogP contribution is 1.87. The first-order chi connectivity index (χ1) is 4.29. The molecule has 11 heavy (non-hydrogen) atoms. The molecule has 0 bridgehead atoms. The third kappa shape index (κ3) is 5.30. The van der Waals surface area contributed by atoms with Gasteiger partial charge in [-0.25, -0.2) is 0 Å². The van der Waals surface area contributed by atoms with Crippen LogP contribution in [0.3, 0.4) is 0 Å². The molecular formula is C6H14Cl2N2O. The fourth-order valence-electron chi connectivity index (χ4n) is 0.860. The fraction of sp³-hybridized carbons (Fsp3) is 0.833. The predicted molar refractivity (Wildman–Crippen MR) is 49.6 cm³/mol. The quantitative estimate of drug-likeness (QED) is 0.592. The Balaban J connectivity index is 0. The van der Waals surface area contributed by atoms with Crippen LogP contribution in [0.5, 0.6) is 0 Å². The van der Waals surface area contributed by atoms with Crippen LogP contribution in [0.15, 0.2) is 0 Å². The summed E-state index contributed by atoms with van der Waals surface area (Å²) < 4.78 is 0. The van der Waals surface area contributed by atoms with Gasteiger partial charge in [-0.2, -0.15) is 0 Å². The van der Waals surface area contributed by atoms with Gasteiger partial charge in [0.05, 0.1) is 0 Å². The van der Waals surface area contributed by atoms with Gasteiger partial charge in [-0.15, -0.1) is 24.8 Å². The lowest BCUT2D eigenvalue weighted by atomic mass is 10.3. The molecule has 1 aliphatic heterocycles. The molecule has 0 spiro atoms. The Bertz CT molecular complexity index is 121. The summed E-state index contributed by atoms with van der Waals surface area (Å²) in [6, 6.07) is 0.427. The molecule has 1 heterocycles. The Kier molecular flexibility index (Phi) is 8.28. The smallest absolute Gasteiger partial charge is 0.221 e. The lowest BCUT2D eigenvalue weighted by Gasteiger charge is -2.06. The molecule has 0 aliphatic carbocycles. The summed E-state index contributed by atoms with van der Waals surface area (Å²) in [6.45, 7) is 3.64. The summed E-state index contributed by atoms with van der Waals surface area (Å²) in [5, 5.41) is 5.98. The van der Waals surface area contributed by atoms with Crippen LogP contribution in [0.25, 0.3) is 0 Å². The van der Waals surface area contributed by atoms with E-state index in [1.165, 1.54) is 0 Å². The van der Waals surface area contributed by atoms with E-state index in [4.69, 9.17) is 0 Å². The molecule has 5 heteroatoms. The molecule has 1 saturated heterocycles. The van der Waals surface area contributed by atoms with Crippen molar-refractivity contribution in [1.29, 1.82) is 0 Å². The van der Waals surface area contributed by atoms with Crippen molar-refractivity contribution in [2.45, 2.75) is 19.4 Å². The maximum atomic E-state index is 10.7. The molecule has 0 saturated carbocycles. The molecule has 0 aromatic heterocycles. The molecule has 1 atom stereocenters. The van der Waals surface area contributed by atoms with E-state index in [9.17, 15) is 4.79 Å². The van der Waals surface area contributed by atoms with Crippen molar-refractivity contribution in [2.75, 3.05) is 13.1 Å². The Morgan fingerprint density at radius 3 is 2.73 bits per heavy atom. The summed E-state index contributed by atoms with van der Waals surface area (Å²) in [7, 11) is 0. The molecular weight excluding hydrogens is 187 g/mol. The van der Waals surface area contributed by atoms with Crippen molar-refractivity contribution < 1.29 is 4.79 Å². The van der Waals surface area contributed by atoms with Crippen LogP contribution in [0, 0.1) is 0 Å². The highest BCUT2D eigenvalue weighted by atomic mass is 35.5. The van der Waals surface area contributed by atoms with Crippen molar-refractivity contribution in [2.24, 2.45) is 0 Å². The molecule has 1 unspecified atom stereocenters. The fourth-order valence-corrected chi connectivity index (χ4v) is 0.860. The van der Waals surface area contributed by atoms with Crippen LogP contribution < -0.4 is 10.6 Å². The van der Waals surface area contributed by atoms with Gasteiger partial charge in [-0.3, -0.25) is 4.79 Å². The highest BCUT2D eigenvalue weighted by molar-refractivity contribution is 5.85. The van der Waals surface area contributed by atoms with Crippen molar-refractivity contribution in [3.63, 3.8) is 0 Å². The number of amides is 1. The van der Waals surface area contributed by atoms with Gasteiger partial charge in [0, 0.05) is 25.6 Å². The number of halogens is 2. The van der Waals surface area contributed by atoms with E-state index in [0.29, 0.717) is 12.5 Å². The predicted octanol–water partition coefficient (Wildman–Crippen LogP) is 0.328. The van der Waals surface area contributed by atoms with E-state index < -0.39 is 0 Å². The summed E-state index contributed by atoms with van der Waals surface area (Å²) in [6.07, 6.45) is 0.615. The minimum atomic E-state index is 0. The van der Waals surface area contributed by atoms with Gasteiger partial charge in [0.2, 0.25) is 5.91 Å². The Labute approximate surface area is 79.1 Å². The Hall–Kier alpha value is 0.01000. The normalized spacial score (nSPS) is 23.7. The van der Waals surface area contributed by atoms with Crippen molar-refractivity contribution in [1.82, 2.24) is 10.6 Å². The third-order valence-corrected chi connectivity index (χ3v) is 1.45. The van der Waals surface area contributed by atoms with E-state index in [2.05, 4.69) is 17.6 Å². The van der Waals surface area contributed by atoms with Crippen LogP contribution in [-0.2, 0) is 4.79 Å². The van der Waals surface area contributed by atoms with E-state index in [1.54, 1.807) is 0 Å². The highest BCUT2D eigenvalue weighted by Gasteiger charge is 2.09. The zero-order chi connectivity index (χ0) is 6.69. The van der Waals surface area contributed by atoms with Crippen LogP contribution in [0.4, 0.5) is 0 Å². The molecule has 1 fully saturated rings. The molecule has 68 valence electrons. The standard InChI is InChI=1S/C6H12N2O.2ClH/c1-5-4-8-6(9)2-3-7-5;;/h5,7H,2-4H2,1H3,(H,8,9);2*1H. The molecule has 1 rings (SSSR count). The molecule has 0 aromatic carbocycles. The second kappa shape index (κ2) is 6.70. The van der Waals surface area contributed by atoms with Crippen LogP contribution in [-0.4, -0.2) is 25.0 Å². The summed E-state index contributed by atoms with van der Waals surface area (Å²) >= 11 is 0. The number of rotatable bonds is 0. The van der Waals surface area contributed by atoms with Gasteiger partial charge in [0.25, 0.3) is 0 Å². The Morgan fingerprint density at radius 1 is 1.45 bits per heavy atom. The minimum Gasteiger partial charge on any atom is -0.355 e. The maximum Gasteiger partial charge on any atom is 0.221 e. The first-order valence-electron chi connectivity index (χ1n) is 3.29. The zero-order valence-electron chi connectivity index (χ0n) is 6.42.